The summed E-state index contributed by atoms with van der Waals surface area (Å²) in [4.78, 5) is 63.8. The van der Waals surface area contributed by atoms with Crippen molar-refractivity contribution in [3.8, 4) is 0 Å². The lowest BCUT2D eigenvalue weighted by Crippen LogP contribution is -2.62. The Kier molecular flexibility index (Phi) is 10.2. The molecule has 2 rings (SSSR count). The van der Waals surface area contributed by atoms with Crippen LogP contribution in [0, 0.1) is 5.41 Å². The van der Waals surface area contributed by atoms with Gasteiger partial charge in [-0.15, -0.1) is 0 Å². The van der Waals surface area contributed by atoms with Gasteiger partial charge in [-0.05, 0) is 19.3 Å². The first-order valence-corrected chi connectivity index (χ1v) is 12.1. The Morgan fingerprint density at radius 1 is 1.00 bits per heavy atom. The summed E-state index contributed by atoms with van der Waals surface area (Å²) >= 11 is 0. The molecule has 2 N–H and O–H groups in total. The third kappa shape index (κ3) is 8.09. The van der Waals surface area contributed by atoms with Gasteiger partial charge in [-0.3, -0.25) is 24.2 Å². The van der Waals surface area contributed by atoms with Gasteiger partial charge in [0.05, 0.1) is 17.8 Å². The Bertz CT molecular complexity index is 1020. The van der Waals surface area contributed by atoms with E-state index in [4.69, 9.17) is 23.7 Å². The van der Waals surface area contributed by atoms with E-state index < -0.39 is 72.1 Å². The summed E-state index contributed by atoms with van der Waals surface area (Å²) in [6.45, 7) is 9.87. The average Bonchev–Trinajstić information content (AvgIpc) is 2.73. The molecule has 38 heavy (non-hydrogen) atoms. The number of aliphatic hydroxyl groups excluding tert-OH is 1. The molecule has 0 spiro atoms. The van der Waals surface area contributed by atoms with Crippen LogP contribution in [-0.4, -0.2) is 88.9 Å². The quantitative estimate of drug-likeness (QED) is 0.245. The maximum atomic E-state index is 12.5. The fourth-order valence-electron chi connectivity index (χ4n) is 4.35. The van der Waals surface area contributed by atoms with Crippen molar-refractivity contribution in [2.75, 3.05) is 0 Å². The molecule has 13 heteroatoms. The second-order valence-corrected chi connectivity index (χ2v) is 10.1. The van der Waals surface area contributed by atoms with Gasteiger partial charge in [0.1, 0.15) is 5.76 Å². The zero-order valence-electron chi connectivity index (χ0n) is 22.5. The highest BCUT2D eigenvalue weighted by Gasteiger charge is 2.51. The molecule has 0 aromatic carbocycles. The fraction of sp³-hybridized carbons (Fsp3) is 0.680. The molecule has 0 aromatic rings. The summed E-state index contributed by atoms with van der Waals surface area (Å²) in [5, 5.41) is 20.1. The van der Waals surface area contributed by atoms with Crippen molar-refractivity contribution in [1.29, 1.82) is 0 Å². The highest BCUT2D eigenvalue weighted by atomic mass is 16.7. The summed E-state index contributed by atoms with van der Waals surface area (Å²) in [5.41, 5.74) is -0.521. The number of carbonyl (C=O) groups excluding carboxylic acids is 4. The van der Waals surface area contributed by atoms with Crippen molar-refractivity contribution in [2.24, 2.45) is 10.4 Å². The van der Waals surface area contributed by atoms with Gasteiger partial charge in [-0.2, -0.15) is 0 Å². The summed E-state index contributed by atoms with van der Waals surface area (Å²) < 4.78 is 27.4. The first-order valence-electron chi connectivity index (χ1n) is 12.1. The van der Waals surface area contributed by atoms with E-state index in [1.165, 1.54) is 13.8 Å². The molecule has 0 saturated carbocycles. The molecule has 13 nitrogen and oxygen atoms in total. The molecule has 1 heterocycles. The molecule has 0 bridgehead atoms. The molecule has 0 aromatic heterocycles. The number of nitrogens with zero attached hydrogens (tertiary/aromatic N) is 1. The number of hydrogen-bond donors (Lipinski definition) is 2. The maximum Gasteiger partial charge on any atom is 0.331 e. The normalized spacial score (nSPS) is 28.9. The Balaban J connectivity index is 2.34. The van der Waals surface area contributed by atoms with Gasteiger partial charge in [-0.1, -0.05) is 13.8 Å². The zero-order valence-corrected chi connectivity index (χ0v) is 22.5. The number of ether oxygens (including phenoxy) is 5. The van der Waals surface area contributed by atoms with E-state index in [9.17, 15) is 34.2 Å². The number of carboxylic acid groups (broad SMARTS) is 1. The van der Waals surface area contributed by atoms with E-state index in [0.29, 0.717) is 0 Å². The second-order valence-electron chi connectivity index (χ2n) is 10.1. The number of hydrogen-bond acceptors (Lipinski definition) is 12. The van der Waals surface area contributed by atoms with Crippen molar-refractivity contribution >= 4 is 35.9 Å². The number of carbonyl (C=O) groups is 5. The topological polar surface area (TPSA) is 184 Å². The number of esters is 3. The number of carboxylic acids is 1. The molecule has 0 amide bonds. The third-order valence-electron chi connectivity index (χ3n) is 5.94. The molecule has 0 radical (unpaired) electrons. The number of Topliss-reactive ketones (excluding diaryl/α,β-unsaturated/α-hetero) is 1. The summed E-state index contributed by atoms with van der Waals surface area (Å²) in [6.07, 6.45) is -6.08. The van der Waals surface area contributed by atoms with Gasteiger partial charge in [0, 0.05) is 39.8 Å². The third-order valence-corrected chi connectivity index (χ3v) is 5.94. The summed E-state index contributed by atoms with van der Waals surface area (Å²) in [7, 11) is 0. The molecule has 212 valence electrons. The number of allylic oxidation sites excluding steroid dienone is 2. The van der Waals surface area contributed by atoms with Crippen LogP contribution in [0.4, 0.5) is 0 Å². The van der Waals surface area contributed by atoms with Crippen LogP contribution in [0.15, 0.2) is 16.3 Å². The Labute approximate surface area is 220 Å². The van der Waals surface area contributed by atoms with Crippen LogP contribution in [0.1, 0.15) is 61.3 Å². The van der Waals surface area contributed by atoms with Crippen molar-refractivity contribution < 1.29 is 57.9 Å². The lowest BCUT2D eigenvalue weighted by molar-refractivity contribution is -0.309. The van der Waals surface area contributed by atoms with Crippen molar-refractivity contribution in [3.63, 3.8) is 0 Å². The molecule has 1 saturated heterocycles. The number of aliphatic imine (C=N–C) groups is 1. The van der Waals surface area contributed by atoms with Crippen LogP contribution >= 0.6 is 0 Å². The van der Waals surface area contributed by atoms with Crippen LogP contribution in [0.2, 0.25) is 0 Å². The molecule has 1 aliphatic heterocycles. The minimum atomic E-state index is -1.56. The zero-order chi connectivity index (χ0) is 28.9. The monoisotopic (exact) mass is 541 g/mol. The summed E-state index contributed by atoms with van der Waals surface area (Å²) in [6, 6.07) is -1.56. The van der Waals surface area contributed by atoms with Crippen molar-refractivity contribution in [1.82, 2.24) is 0 Å². The van der Waals surface area contributed by atoms with Crippen molar-refractivity contribution in [3.05, 3.63) is 11.3 Å². The van der Waals surface area contributed by atoms with Gasteiger partial charge in [0.15, 0.2) is 36.4 Å². The van der Waals surface area contributed by atoms with Gasteiger partial charge in [-0.25, -0.2) is 4.79 Å². The van der Waals surface area contributed by atoms with Crippen LogP contribution < -0.4 is 0 Å². The van der Waals surface area contributed by atoms with Gasteiger partial charge >= 0.3 is 23.9 Å². The maximum absolute atomic E-state index is 12.5. The molecule has 2 aliphatic rings. The molecular formula is C25H35NO12. The number of rotatable bonds is 9. The Morgan fingerprint density at radius 3 is 2.03 bits per heavy atom. The highest BCUT2D eigenvalue weighted by Crippen LogP contribution is 2.35. The predicted octanol–water partition coefficient (Wildman–Crippen LogP) is 1.66. The lowest BCUT2D eigenvalue weighted by Gasteiger charge is -2.44. The SMILES string of the molecule is CC(=O)O[C@H]1[C@H](OC(C)=O)[C@H](O[C@H](C)[C@H](N=CC2=C(O)CC(C)(C)CC2=O)C(=O)O)O[C@@H](C)[C@H]1OC(C)=O. The van der Waals surface area contributed by atoms with E-state index in [1.54, 1.807) is 0 Å². The smallest absolute Gasteiger partial charge is 0.331 e. The highest BCUT2D eigenvalue weighted by molar-refractivity contribution is 6.14. The van der Waals surface area contributed by atoms with E-state index >= 15 is 0 Å². The minimum absolute atomic E-state index is 0.0813. The molecule has 7 atom stereocenters. The fourth-order valence-corrected chi connectivity index (χ4v) is 4.35. The van der Waals surface area contributed by atoms with Crippen LogP contribution in [0.25, 0.3) is 0 Å². The van der Waals surface area contributed by atoms with Gasteiger partial charge in [0.25, 0.3) is 0 Å². The molecule has 1 aliphatic carbocycles. The van der Waals surface area contributed by atoms with Crippen LogP contribution in [0.5, 0.6) is 0 Å². The second kappa shape index (κ2) is 12.5. The standard InChI is InChI=1S/C25H35NO12/c1-11(19(23(32)33)26-10-16-17(30)8-25(6,7)9-18(16)31)34-24-22(38-15(5)29)21(37-14(4)28)20(12(2)35-24)36-13(3)27/h10-12,19-22,24,30H,8-9H2,1-7H3,(H,32,33)/t11-,12+,19+,20-,21-,22+,24-/m1/s1. The Morgan fingerprint density at radius 2 is 1.53 bits per heavy atom. The van der Waals surface area contributed by atoms with Crippen LogP contribution in [-0.2, 0) is 47.7 Å². The first kappa shape index (κ1) is 30.9. The summed E-state index contributed by atoms with van der Waals surface area (Å²) in [5.74, 6) is -4.21. The van der Waals surface area contributed by atoms with E-state index in [1.807, 2.05) is 13.8 Å². The van der Waals surface area contributed by atoms with Crippen molar-refractivity contribution in [2.45, 2.75) is 104 Å². The molecule has 0 unspecified atom stereocenters. The average molecular weight is 542 g/mol. The number of aliphatic carboxylic acids is 1. The van der Waals surface area contributed by atoms with E-state index in [2.05, 4.69) is 4.99 Å². The minimum Gasteiger partial charge on any atom is -0.511 e. The molecule has 1 fully saturated rings. The molecular weight excluding hydrogens is 506 g/mol. The van der Waals surface area contributed by atoms with Gasteiger partial charge < -0.3 is 33.9 Å². The van der Waals surface area contributed by atoms with E-state index in [0.717, 1.165) is 27.0 Å². The number of aliphatic hydroxyl groups is 1. The van der Waals surface area contributed by atoms with E-state index in [-0.39, 0.29) is 30.0 Å². The van der Waals surface area contributed by atoms with Gasteiger partial charge in [0.2, 0.25) is 0 Å². The largest absolute Gasteiger partial charge is 0.511 e. The predicted molar refractivity (Wildman–Crippen MR) is 129 cm³/mol. The Hall–Kier alpha value is -3.32. The van der Waals surface area contributed by atoms with Crippen LogP contribution in [0.3, 0.4) is 0 Å². The lowest BCUT2D eigenvalue weighted by atomic mass is 9.77. The number of ketones is 1. The first-order chi connectivity index (χ1) is 17.5.